The van der Waals surface area contributed by atoms with Gasteiger partial charge in [-0.25, -0.2) is 4.79 Å². The van der Waals surface area contributed by atoms with E-state index in [2.05, 4.69) is 5.32 Å². The molecule has 0 aliphatic carbocycles. The lowest BCUT2D eigenvalue weighted by Crippen LogP contribution is -2.31. The predicted octanol–water partition coefficient (Wildman–Crippen LogP) is 1.86. The lowest BCUT2D eigenvalue weighted by Gasteiger charge is -2.08. The van der Waals surface area contributed by atoms with Gasteiger partial charge in [0, 0.05) is 6.54 Å². The van der Waals surface area contributed by atoms with E-state index < -0.39 is 0 Å². The summed E-state index contributed by atoms with van der Waals surface area (Å²) in [6.45, 7) is 2.32. The molecule has 1 aliphatic heterocycles. The van der Waals surface area contributed by atoms with Crippen LogP contribution in [0.4, 0.5) is 4.79 Å². The quantitative estimate of drug-likeness (QED) is 0.661. The van der Waals surface area contributed by atoms with Crippen LogP contribution in [0.25, 0.3) is 6.08 Å². The Bertz CT molecular complexity index is 582. The molecule has 1 aromatic rings. The standard InChI is InChI=1S/C14H13N3O2/c1-2-7-17-13(18)12(16-14(17)19)8-10-3-5-11(9-15)6-4-10/h3-6,8H,2,7H2,1H3,(H,16,19)/b12-8+. The Morgan fingerprint density at radius 2 is 2.00 bits per heavy atom. The fourth-order valence-corrected chi connectivity index (χ4v) is 1.82. The van der Waals surface area contributed by atoms with Gasteiger partial charge in [0.25, 0.3) is 5.91 Å². The van der Waals surface area contributed by atoms with E-state index in [4.69, 9.17) is 5.26 Å². The minimum Gasteiger partial charge on any atom is -0.303 e. The van der Waals surface area contributed by atoms with Crippen LogP contribution in [-0.4, -0.2) is 23.4 Å². The van der Waals surface area contributed by atoms with Crippen molar-refractivity contribution in [1.82, 2.24) is 10.2 Å². The summed E-state index contributed by atoms with van der Waals surface area (Å²) in [6.07, 6.45) is 2.33. The minimum absolute atomic E-state index is 0.267. The monoisotopic (exact) mass is 255 g/mol. The number of urea groups is 1. The molecule has 1 aromatic carbocycles. The van der Waals surface area contributed by atoms with Gasteiger partial charge in [0.15, 0.2) is 0 Å². The molecule has 1 heterocycles. The zero-order chi connectivity index (χ0) is 13.8. The summed E-state index contributed by atoms with van der Waals surface area (Å²) in [6, 6.07) is 8.43. The summed E-state index contributed by atoms with van der Waals surface area (Å²) in [7, 11) is 0. The molecule has 1 saturated heterocycles. The SMILES string of the molecule is CCCN1C(=O)N/C(=C/c2ccc(C#N)cc2)C1=O. The third-order valence-corrected chi connectivity index (χ3v) is 2.76. The van der Waals surface area contributed by atoms with Crippen molar-refractivity contribution in [2.45, 2.75) is 13.3 Å². The number of amides is 3. The average Bonchev–Trinajstić information content (AvgIpc) is 2.68. The normalized spacial score (nSPS) is 16.6. The van der Waals surface area contributed by atoms with Gasteiger partial charge < -0.3 is 5.32 Å². The van der Waals surface area contributed by atoms with Crippen LogP contribution in [0.5, 0.6) is 0 Å². The highest BCUT2D eigenvalue weighted by atomic mass is 16.2. The van der Waals surface area contributed by atoms with E-state index >= 15 is 0 Å². The fraction of sp³-hybridized carbons (Fsp3) is 0.214. The molecule has 1 N–H and O–H groups in total. The summed E-state index contributed by atoms with van der Waals surface area (Å²) < 4.78 is 0. The zero-order valence-corrected chi connectivity index (χ0v) is 10.5. The smallest absolute Gasteiger partial charge is 0.303 e. The summed E-state index contributed by atoms with van der Waals surface area (Å²) in [5.41, 5.74) is 1.58. The molecule has 3 amide bonds. The molecule has 0 unspecified atom stereocenters. The van der Waals surface area contributed by atoms with Crippen LogP contribution in [0.3, 0.4) is 0 Å². The first-order valence-electron chi connectivity index (χ1n) is 6.00. The molecular weight excluding hydrogens is 242 g/mol. The molecule has 0 spiro atoms. The molecule has 1 fully saturated rings. The van der Waals surface area contributed by atoms with Crippen LogP contribution in [0.15, 0.2) is 30.0 Å². The molecule has 0 saturated carbocycles. The number of nitrogens with zero attached hydrogens (tertiary/aromatic N) is 2. The fourth-order valence-electron chi connectivity index (χ4n) is 1.82. The summed E-state index contributed by atoms with van der Waals surface area (Å²) in [5.74, 6) is -0.309. The van der Waals surface area contributed by atoms with Crippen molar-refractivity contribution < 1.29 is 9.59 Å². The van der Waals surface area contributed by atoms with Crippen LogP contribution in [0.1, 0.15) is 24.5 Å². The number of hydrogen-bond acceptors (Lipinski definition) is 3. The highest BCUT2D eigenvalue weighted by molar-refractivity contribution is 6.13. The molecule has 5 nitrogen and oxygen atoms in total. The Morgan fingerprint density at radius 3 is 2.58 bits per heavy atom. The van der Waals surface area contributed by atoms with Crippen LogP contribution in [0, 0.1) is 11.3 Å². The molecule has 1 aliphatic rings. The van der Waals surface area contributed by atoms with E-state index in [-0.39, 0.29) is 17.6 Å². The van der Waals surface area contributed by atoms with Gasteiger partial charge in [0.1, 0.15) is 5.70 Å². The molecule has 2 rings (SSSR count). The van der Waals surface area contributed by atoms with Crippen molar-refractivity contribution in [2.24, 2.45) is 0 Å². The average molecular weight is 255 g/mol. The number of carbonyl (C=O) groups is 2. The van der Waals surface area contributed by atoms with Crippen LogP contribution in [-0.2, 0) is 4.79 Å². The zero-order valence-electron chi connectivity index (χ0n) is 10.5. The molecule has 0 bridgehead atoms. The van der Waals surface area contributed by atoms with Crippen molar-refractivity contribution in [3.8, 4) is 6.07 Å². The van der Waals surface area contributed by atoms with Gasteiger partial charge >= 0.3 is 6.03 Å². The second-order valence-corrected chi connectivity index (χ2v) is 4.18. The molecular formula is C14H13N3O2. The van der Waals surface area contributed by atoms with Crippen LogP contribution in [0.2, 0.25) is 0 Å². The third-order valence-electron chi connectivity index (χ3n) is 2.76. The number of rotatable bonds is 3. The van der Waals surface area contributed by atoms with E-state index in [1.807, 2.05) is 13.0 Å². The van der Waals surface area contributed by atoms with E-state index in [1.54, 1.807) is 30.3 Å². The van der Waals surface area contributed by atoms with E-state index in [9.17, 15) is 9.59 Å². The topological polar surface area (TPSA) is 73.2 Å². The van der Waals surface area contributed by atoms with Crippen LogP contribution < -0.4 is 5.32 Å². The second-order valence-electron chi connectivity index (χ2n) is 4.18. The Morgan fingerprint density at radius 1 is 1.32 bits per heavy atom. The third kappa shape index (κ3) is 2.63. The molecule has 0 radical (unpaired) electrons. The number of nitrogens with one attached hydrogen (secondary N) is 1. The van der Waals surface area contributed by atoms with E-state index in [0.29, 0.717) is 12.1 Å². The first-order valence-corrected chi connectivity index (χ1v) is 6.00. The lowest BCUT2D eigenvalue weighted by atomic mass is 10.1. The largest absolute Gasteiger partial charge is 0.329 e. The maximum absolute atomic E-state index is 12.0. The van der Waals surface area contributed by atoms with E-state index in [0.717, 1.165) is 12.0 Å². The van der Waals surface area contributed by atoms with Crippen molar-refractivity contribution in [3.05, 3.63) is 41.1 Å². The van der Waals surface area contributed by atoms with Crippen molar-refractivity contribution in [3.63, 3.8) is 0 Å². The highest BCUT2D eigenvalue weighted by Gasteiger charge is 2.32. The number of imide groups is 1. The predicted molar refractivity (Wildman–Crippen MR) is 69.7 cm³/mol. The molecule has 19 heavy (non-hydrogen) atoms. The molecule has 96 valence electrons. The molecule has 5 heteroatoms. The Balaban J connectivity index is 2.22. The Kier molecular flexibility index (Phi) is 3.62. The maximum atomic E-state index is 12.0. The first-order chi connectivity index (χ1) is 9.15. The first kappa shape index (κ1) is 12.8. The van der Waals surface area contributed by atoms with E-state index in [1.165, 1.54) is 4.90 Å². The number of hydrogen-bond donors (Lipinski definition) is 1. The number of nitriles is 1. The summed E-state index contributed by atoms with van der Waals surface area (Å²) in [5, 5.41) is 11.2. The van der Waals surface area contributed by atoms with Gasteiger partial charge in [0.2, 0.25) is 0 Å². The molecule has 0 atom stereocenters. The Labute approximate surface area is 111 Å². The van der Waals surface area contributed by atoms with Crippen molar-refractivity contribution in [2.75, 3.05) is 6.54 Å². The van der Waals surface area contributed by atoms with Crippen molar-refractivity contribution >= 4 is 18.0 Å². The van der Waals surface area contributed by atoms with Gasteiger partial charge in [0.05, 0.1) is 11.6 Å². The van der Waals surface area contributed by atoms with Gasteiger partial charge in [-0.3, -0.25) is 9.69 Å². The van der Waals surface area contributed by atoms with Gasteiger partial charge in [-0.1, -0.05) is 19.1 Å². The Hall–Kier alpha value is -2.61. The maximum Gasteiger partial charge on any atom is 0.329 e. The lowest BCUT2D eigenvalue weighted by molar-refractivity contribution is -0.122. The highest BCUT2D eigenvalue weighted by Crippen LogP contribution is 2.14. The van der Waals surface area contributed by atoms with Crippen molar-refractivity contribution in [1.29, 1.82) is 5.26 Å². The number of benzene rings is 1. The summed E-state index contributed by atoms with van der Waals surface area (Å²) in [4.78, 5) is 24.7. The molecule has 0 aromatic heterocycles. The van der Waals surface area contributed by atoms with Crippen LogP contribution >= 0.6 is 0 Å². The summed E-state index contributed by atoms with van der Waals surface area (Å²) >= 11 is 0. The van der Waals surface area contributed by atoms with Gasteiger partial charge in [-0.15, -0.1) is 0 Å². The minimum atomic E-state index is -0.383. The van der Waals surface area contributed by atoms with Gasteiger partial charge in [-0.2, -0.15) is 5.26 Å². The number of carbonyl (C=O) groups excluding carboxylic acids is 2. The second kappa shape index (κ2) is 5.36. The van der Waals surface area contributed by atoms with Gasteiger partial charge in [-0.05, 0) is 30.2 Å².